The zero-order valence-electron chi connectivity index (χ0n) is 31.6. The van der Waals surface area contributed by atoms with Crippen molar-refractivity contribution in [2.75, 3.05) is 44.4 Å². The maximum absolute atomic E-state index is 13.1. The van der Waals surface area contributed by atoms with Crippen molar-refractivity contribution in [3.63, 3.8) is 0 Å². The van der Waals surface area contributed by atoms with Gasteiger partial charge in [-0.25, -0.2) is 4.98 Å². The Morgan fingerprint density at radius 3 is 2.30 bits per heavy atom. The van der Waals surface area contributed by atoms with E-state index in [2.05, 4.69) is 56.1 Å². The number of pyridine rings is 2. The summed E-state index contributed by atoms with van der Waals surface area (Å²) >= 11 is 0. The molecule has 8 rings (SSSR count). The van der Waals surface area contributed by atoms with E-state index < -0.39 is 29.7 Å². The molecular formula is C43H46N6O7. The van der Waals surface area contributed by atoms with E-state index in [4.69, 9.17) is 14.2 Å². The average molecular weight is 759 g/mol. The first kappa shape index (κ1) is 37.3. The van der Waals surface area contributed by atoms with Crippen molar-refractivity contribution in [1.29, 1.82) is 0 Å². The molecule has 4 amide bonds. The van der Waals surface area contributed by atoms with Crippen molar-refractivity contribution in [1.82, 2.24) is 24.8 Å². The second-order valence-corrected chi connectivity index (χ2v) is 14.7. The van der Waals surface area contributed by atoms with Crippen molar-refractivity contribution in [2.45, 2.75) is 63.5 Å². The van der Waals surface area contributed by atoms with E-state index in [0.717, 1.165) is 78.8 Å². The number of amides is 4. The number of carbonyl (C=O) groups excluding carboxylic acids is 4. The van der Waals surface area contributed by atoms with E-state index in [0.29, 0.717) is 37.7 Å². The lowest BCUT2D eigenvalue weighted by atomic mass is 10.0. The summed E-state index contributed by atoms with van der Waals surface area (Å²) < 4.78 is 20.0. The van der Waals surface area contributed by atoms with E-state index >= 15 is 0 Å². The van der Waals surface area contributed by atoms with Gasteiger partial charge >= 0.3 is 0 Å². The number of unbranched alkanes of at least 4 members (excludes halogenated alkanes) is 4. The Morgan fingerprint density at radius 2 is 1.52 bits per heavy atom. The lowest BCUT2D eigenvalue weighted by Crippen LogP contribution is -2.54. The number of aromatic nitrogens is 3. The first-order chi connectivity index (χ1) is 27.4. The fraction of sp³-hybridized carbons (Fsp3) is 0.395. The van der Waals surface area contributed by atoms with Gasteiger partial charge < -0.3 is 23.7 Å². The summed E-state index contributed by atoms with van der Waals surface area (Å²) in [5, 5.41) is 4.58. The molecule has 2 aromatic carbocycles. The number of benzene rings is 2. The fourth-order valence-electron chi connectivity index (χ4n) is 7.77. The monoisotopic (exact) mass is 758 g/mol. The van der Waals surface area contributed by atoms with Gasteiger partial charge in [-0.1, -0.05) is 12.1 Å². The molecule has 3 aromatic heterocycles. The van der Waals surface area contributed by atoms with Crippen LogP contribution in [-0.4, -0.2) is 94.7 Å². The van der Waals surface area contributed by atoms with Crippen LogP contribution in [-0.2, 0) is 26.1 Å². The van der Waals surface area contributed by atoms with Gasteiger partial charge in [0.25, 0.3) is 11.8 Å². The number of nitrogens with one attached hydrogen (secondary N) is 1. The van der Waals surface area contributed by atoms with Crippen LogP contribution in [0, 0.1) is 0 Å². The van der Waals surface area contributed by atoms with Gasteiger partial charge in [0.2, 0.25) is 17.7 Å². The van der Waals surface area contributed by atoms with Crippen LogP contribution in [0.2, 0.25) is 0 Å². The minimum Gasteiger partial charge on any atom is -0.478 e. The molecule has 1 unspecified atom stereocenters. The molecule has 2 fully saturated rings. The van der Waals surface area contributed by atoms with Crippen LogP contribution in [0.25, 0.3) is 32.9 Å². The molecule has 0 saturated carbocycles. The molecule has 0 aliphatic carbocycles. The molecular weight excluding hydrogens is 713 g/mol. The summed E-state index contributed by atoms with van der Waals surface area (Å²) in [6.07, 6.45) is 12.0. The number of nitrogens with zero attached hydrogens (tertiary/aromatic N) is 5. The number of imide groups is 2. The molecule has 3 aliphatic heterocycles. The molecule has 13 nitrogen and oxygen atoms in total. The molecule has 13 heteroatoms. The normalized spacial score (nSPS) is 17.2. The molecule has 1 atom stereocenters. The topological polar surface area (TPSA) is 145 Å². The molecule has 0 radical (unpaired) electrons. The predicted octanol–water partition coefficient (Wildman–Crippen LogP) is 5.83. The van der Waals surface area contributed by atoms with Gasteiger partial charge in [-0.3, -0.25) is 34.4 Å². The standard InChI is InChI=1S/C43H46N6O7/c1-47-36-16-17-44-25-35(36)32-11-8-28(22-38(32)47)29-9-15-40(45-24-29)56-21-7-3-5-19-54-18-4-2-6-20-55-31-26-48(27-31)30-10-12-33-34(23-30)43(53)49(42(33)52)37-13-14-39(50)46-41(37)51/h8-12,15-17,22-25,31,37H,2-7,13-14,18-21,26-27H2,1H3,(H,46,50,51). The summed E-state index contributed by atoms with van der Waals surface area (Å²) in [5.74, 6) is -1.35. The number of rotatable bonds is 17. The molecule has 2 saturated heterocycles. The fourth-order valence-corrected chi connectivity index (χ4v) is 7.77. The Bertz CT molecular complexity index is 2260. The maximum Gasteiger partial charge on any atom is 0.262 e. The van der Waals surface area contributed by atoms with Crippen molar-refractivity contribution in [3.05, 3.63) is 84.3 Å². The largest absolute Gasteiger partial charge is 0.478 e. The second kappa shape index (κ2) is 16.6. The highest BCUT2D eigenvalue weighted by Gasteiger charge is 2.45. The zero-order valence-corrected chi connectivity index (χ0v) is 31.6. The number of ether oxygens (including phenoxy) is 3. The molecule has 3 aliphatic rings. The number of piperidine rings is 1. The number of hydrogen-bond donors (Lipinski definition) is 1. The van der Waals surface area contributed by atoms with Gasteiger partial charge in [-0.15, -0.1) is 0 Å². The summed E-state index contributed by atoms with van der Waals surface area (Å²) in [4.78, 5) is 61.9. The van der Waals surface area contributed by atoms with E-state index in [-0.39, 0.29) is 24.5 Å². The summed E-state index contributed by atoms with van der Waals surface area (Å²) in [7, 11) is 2.08. The van der Waals surface area contributed by atoms with Crippen LogP contribution in [0.5, 0.6) is 5.88 Å². The highest BCUT2D eigenvalue weighted by Crippen LogP contribution is 2.33. The minimum atomic E-state index is -0.966. The highest BCUT2D eigenvalue weighted by atomic mass is 16.5. The molecule has 0 spiro atoms. The van der Waals surface area contributed by atoms with Gasteiger partial charge in [-0.2, -0.15) is 0 Å². The molecule has 56 heavy (non-hydrogen) atoms. The quantitative estimate of drug-likeness (QED) is 0.0909. The van der Waals surface area contributed by atoms with Crippen molar-refractivity contribution in [2.24, 2.45) is 7.05 Å². The Hall–Kier alpha value is -5.66. The second-order valence-electron chi connectivity index (χ2n) is 14.7. The van der Waals surface area contributed by atoms with Crippen molar-refractivity contribution < 1.29 is 33.4 Å². The van der Waals surface area contributed by atoms with Crippen LogP contribution in [0.15, 0.2) is 73.2 Å². The lowest BCUT2D eigenvalue weighted by Gasteiger charge is -2.40. The Kier molecular flexibility index (Phi) is 11.0. The maximum atomic E-state index is 13.1. The summed E-state index contributed by atoms with van der Waals surface area (Å²) in [6, 6.07) is 16.8. The van der Waals surface area contributed by atoms with Crippen LogP contribution in [0.1, 0.15) is 72.1 Å². The third kappa shape index (κ3) is 7.74. The Labute approximate surface area is 324 Å². The first-order valence-electron chi connectivity index (χ1n) is 19.6. The van der Waals surface area contributed by atoms with Gasteiger partial charge in [-0.05, 0) is 86.9 Å². The third-order valence-corrected chi connectivity index (χ3v) is 11.0. The van der Waals surface area contributed by atoms with E-state index in [9.17, 15) is 19.2 Å². The van der Waals surface area contributed by atoms with Crippen LogP contribution < -0.4 is 15.0 Å². The summed E-state index contributed by atoms with van der Waals surface area (Å²) in [5.41, 5.74) is 5.91. The number of anilines is 1. The SMILES string of the molecule is Cn1c2ccncc2c2ccc(-c3ccc(OCCCCCOCCCCCOC4CN(c5ccc6c(c5)C(=O)N(C5CCC(=O)NC5=O)C6=O)C4)nc3)cc21. The average Bonchev–Trinajstić information content (AvgIpc) is 3.62. The minimum absolute atomic E-state index is 0.0949. The molecule has 5 aromatic rings. The van der Waals surface area contributed by atoms with Crippen LogP contribution in [0.3, 0.4) is 0 Å². The van der Waals surface area contributed by atoms with Gasteiger partial charge in [0.15, 0.2) is 0 Å². The number of fused-ring (bicyclic) bond motifs is 4. The van der Waals surface area contributed by atoms with Crippen molar-refractivity contribution >= 4 is 51.1 Å². The lowest BCUT2D eigenvalue weighted by molar-refractivity contribution is -0.136. The molecule has 0 bridgehead atoms. The smallest absolute Gasteiger partial charge is 0.262 e. The molecule has 1 N–H and O–H groups in total. The van der Waals surface area contributed by atoms with Gasteiger partial charge in [0.05, 0.1) is 29.4 Å². The number of carbonyl (C=O) groups is 4. The number of hydrogen-bond acceptors (Lipinski definition) is 10. The first-order valence-corrected chi connectivity index (χ1v) is 19.6. The molecule has 6 heterocycles. The molecule has 290 valence electrons. The van der Waals surface area contributed by atoms with E-state index in [1.165, 1.54) is 16.4 Å². The van der Waals surface area contributed by atoms with Crippen LogP contribution >= 0.6 is 0 Å². The van der Waals surface area contributed by atoms with Gasteiger partial charge in [0, 0.05) is 98.6 Å². The van der Waals surface area contributed by atoms with Crippen molar-refractivity contribution in [3.8, 4) is 17.0 Å². The summed E-state index contributed by atoms with van der Waals surface area (Å²) in [6.45, 7) is 4.22. The van der Waals surface area contributed by atoms with Gasteiger partial charge in [0.1, 0.15) is 6.04 Å². The zero-order chi connectivity index (χ0) is 38.6. The van der Waals surface area contributed by atoms with Crippen LogP contribution in [0.4, 0.5) is 5.69 Å². The third-order valence-electron chi connectivity index (χ3n) is 11.0. The highest BCUT2D eigenvalue weighted by molar-refractivity contribution is 6.23. The van der Waals surface area contributed by atoms with E-state index in [1.54, 1.807) is 12.1 Å². The number of aryl methyl sites for hydroxylation is 1. The Morgan fingerprint density at radius 1 is 0.750 bits per heavy atom. The predicted molar refractivity (Wildman–Crippen MR) is 211 cm³/mol. The van der Waals surface area contributed by atoms with E-state index in [1.807, 2.05) is 36.8 Å². The Balaban J connectivity index is 0.650.